The fraction of sp³-hybridized carbons (Fsp3) is 0.500. The second-order valence-electron chi connectivity index (χ2n) is 6.24. The Bertz CT molecular complexity index is 648. The molecule has 1 saturated heterocycles. The maximum atomic E-state index is 12.2. The van der Waals surface area contributed by atoms with Gasteiger partial charge in [-0.25, -0.2) is 4.79 Å². The molecule has 1 aromatic heterocycles. The number of hydrogen-bond acceptors (Lipinski definition) is 4. The molecule has 24 heavy (non-hydrogen) atoms. The van der Waals surface area contributed by atoms with Gasteiger partial charge >= 0.3 is 6.03 Å². The van der Waals surface area contributed by atoms with Crippen molar-refractivity contribution >= 4 is 6.03 Å². The van der Waals surface area contributed by atoms with E-state index in [4.69, 9.17) is 4.52 Å². The van der Waals surface area contributed by atoms with Gasteiger partial charge in [0.25, 0.3) is 0 Å². The average molecular weight is 328 g/mol. The van der Waals surface area contributed by atoms with Gasteiger partial charge in [0.15, 0.2) is 5.82 Å². The highest BCUT2D eigenvalue weighted by molar-refractivity contribution is 5.74. The van der Waals surface area contributed by atoms with Crippen LogP contribution in [-0.4, -0.2) is 34.2 Å². The molecule has 1 aromatic carbocycles. The van der Waals surface area contributed by atoms with Gasteiger partial charge in [-0.1, -0.05) is 42.4 Å². The van der Waals surface area contributed by atoms with E-state index < -0.39 is 0 Å². The number of nitrogens with one attached hydrogen (secondary N) is 1. The summed E-state index contributed by atoms with van der Waals surface area (Å²) in [5.41, 5.74) is 1.38. The summed E-state index contributed by atoms with van der Waals surface area (Å²) in [5, 5.41) is 6.72. The summed E-state index contributed by atoms with van der Waals surface area (Å²) in [7, 11) is 0. The largest absolute Gasteiger partial charge is 0.339 e. The molecule has 128 valence electrons. The predicted molar refractivity (Wildman–Crippen MR) is 90.4 cm³/mol. The molecule has 2 aromatic rings. The summed E-state index contributed by atoms with van der Waals surface area (Å²) < 4.78 is 5.04. The zero-order chi connectivity index (χ0) is 16.8. The van der Waals surface area contributed by atoms with E-state index in [1.807, 2.05) is 17.9 Å². The molecule has 0 saturated carbocycles. The van der Waals surface area contributed by atoms with Crippen molar-refractivity contribution in [2.24, 2.45) is 5.92 Å². The molecular formula is C18H24N4O2. The van der Waals surface area contributed by atoms with Gasteiger partial charge in [0.1, 0.15) is 0 Å². The standard InChI is InChI=1S/C18H24N4O2/c1-2-17-20-16(21-24-17)13-19-18(23)22-10-8-15(9-11-22)12-14-6-4-3-5-7-14/h3-7,15H,2,8-13H2,1H3,(H,19,23). The minimum absolute atomic E-state index is 0.0454. The van der Waals surface area contributed by atoms with Gasteiger partial charge < -0.3 is 14.7 Å². The van der Waals surface area contributed by atoms with E-state index in [1.54, 1.807) is 0 Å². The van der Waals surface area contributed by atoms with Crippen LogP contribution in [0.4, 0.5) is 4.79 Å². The number of piperidine rings is 1. The highest BCUT2D eigenvalue weighted by atomic mass is 16.5. The lowest BCUT2D eigenvalue weighted by molar-refractivity contribution is 0.169. The fourth-order valence-corrected chi connectivity index (χ4v) is 3.06. The maximum Gasteiger partial charge on any atom is 0.317 e. The summed E-state index contributed by atoms with van der Waals surface area (Å²) in [5.74, 6) is 1.78. The van der Waals surface area contributed by atoms with Crippen LogP contribution in [0.15, 0.2) is 34.9 Å². The Labute approximate surface area is 142 Å². The molecule has 0 spiro atoms. The lowest BCUT2D eigenvalue weighted by Gasteiger charge is -2.32. The first kappa shape index (κ1) is 16.5. The van der Waals surface area contributed by atoms with Crippen molar-refractivity contribution in [3.8, 4) is 0 Å². The highest BCUT2D eigenvalue weighted by Gasteiger charge is 2.23. The van der Waals surface area contributed by atoms with Crippen molar-refractivity contribution in [3.05, 3.63) is 47.6 Å². The topological polar surface area (TPSA) is 71.3 Å². The zero-order valence-corrected chi connectivity index (χ0v) is 14.1. The lowest BCUT2D eigenvalue weighted by Crippen LogP contribution is -2.44. The number of aryl methyl sites for hydroxylation is 1. The van der Waals surface area contributed by atoms with Gasteiger partial charge in [-0.05, 0) is 30.7 Å². The summed E-state index contributed by atoms with van der Waals surface area (Å²) in [4.78, 5) is 18.3. The lowest BCUT2D eigenvalue weighted by atomic mass is 9.90. The van der Waals surface area contributed by atoms with Crippen LogP contribution in [0.2, 0.25) is 0 Å². The molecule has 1 aliphatic heterocycles. The third-order valence-electron chi connectivity index (χ3n) is 4.48. The van der Waals surface area contributed by atoms with Crippen molar-refractivity contribution < 1.29 is 9.32 Å². The van der Waals surface area contributed by atoms with E-state index in [1.165, 1.54) is 5.56 Å². The smallest absolute Gasteiger partial charge is 0.317 e. The molecular weight excluding hydrogens is 304 g/mol. The van der Waals surface area contributed by atoms with Crippen LogP contribution in [0.5, 0.6) is 0 Å². The van der Waals surface area contributed by atoms with E-state index in [-0.39, 0.29) is 6.03 Å². The quantitative estimate of drug-likeness (QED) is 0.916. The Kier molecular flexibility index (Phi) is 5.46. The van der Waals surface area contributed by atoms with E-state index in [0.29, 0.717) is 30.6 Å². The Morgan fingerprint density at radius 1 is 1.29 bits per heavy atom. The molecule has 3 rings (SSSR count). The van der Waals surface area contributed by atoms with Crippen molar-refractivity contribution in [3.63, 3.8) is 0 Å². The Morgan fingerprint density at radius 2 is 2.04 bits per heavy atom. The van der Waals surface area contributed by atoms with E-state index in [2.05, 4.69) is 39.7 Å². The zero-order valence-electron chi connectivity index (χ0n) is 14.1. The fourth-order valence-electron chi connectivity index (χ4n) is 3.06. The summed E-state index contributed by atoms with van der Waals surface area (Å²) in [6, 6.07) is 10.5. The average Bonchev–Trinajstić information content (AvgIpc) is 3.09. The third kappa shape index (κ3) is 4.34. The monoisotopic (exact) mass is 328 g/mol. The van der Waals surface area contributed by atoms with Gasteiger partial charge in [-0.15, -0.1) is 0 Å². The van der Waals surface area contributed by atoms with Crippen LogP contribution < -0.4 is 5.32 Å². The molecule has 0 unspecified atom stereocenters. The van der Waals surface area contributed by atoms with Crippen molar-refractivity contribution in [1.82, 2.24) is 20.4 Å². The number of amides is 2. The van der Waals surface area contributed by atoms with Crippen molar-refractivity contribution in [2.75, 3.05) is 13.1 Å². The van der Waals surface area contributed by atoms with Crippen molar-refractivity contribution in [1.29, 1.82) is 0 Å². The molecule has 6 nitrogen and oxygen atoms in total. The first-order chi connectivity index (χ1) is 11.7. The number of aromatic nitrogens is 2. The molecule has 2 amide bonds. The molecule has 0 atom stereocenters. The van der Waals surface area contributed by atoms with Gasteiger partial charge in [0.2, 0.25) is 5.89 Å². The van der Waals surface area contributed by atoms with Gasteiger partial charge in [0.05, 0.1) is 6.54 Å². The normalized spacial score (nSPS) is 15.5. The number of rotatable bonds is 5. The number of carbonyl (C=O) groups excluding carboxylic acids is 1. The Hall–Kier alpha value is -2.37. The van der Waals surface area contributed by atoms with Crippen LogP contribution in [0.3, 0.4) is 0 Å². The second-order valence-corrected chi connectivity index (χ2v) is 6.24. The van der Waals surface area contributed by atoms with Gasteiger partial charge in [0, 0.05) is 19.5 Å². The highest BCUT2D eigenvalue weighted by Crippen LogP contribution is 2.21. The van der Waals surface area contributed by atoms with Crippen LogP contribution in [-0.2, 0) is 19.4 Å². The van der Waals surface area contributed by atoms with Crippen molar-refractivity contribution in [2.45, 2.75) is 39.2 Å². The third-order valence-corrected chi connectivity index (χ3v) is 4.48. The molecule has 0 aliphatic carbocycles. The summed E-state index contributed by atoms with van der Waals surface area (Å²) in [6.45, 7) is 3.87. The van der Waals surface area contributed by atoms with E-state index in [9.17, 15) is 4.79 Å². The summed E-state index contributed by atoms with van der Waals surface area (Å²) in [6.07, 6.45) is 3.89. The van der Waals surface area contributed by atoms with Gasteiger partial charge in [-0.2, -0.15) is 4.98 Å². The Balaban J connectivity index is 1.41. The molecule has 6 heteroatoms. The predicted octanol–water partition coefficient (Wildman–Crippen LogP) is 2.80. The van der Waals surface area contributed by atoms with Crippen LogP contribution in [0.25, 0.3) is 0 Å². The number of likely N-dealkylation sites (tertiary alicyclic amines) is 1. The molecule has 0 bridgehead atoms. The first-order valence-corrected chi connectivity index (χ1v) is 8.62. The van der Waals surface area contributed by atoms with E-state index in [0.717, 1.165) is 32.4 Å². The molecule has 0 radical (unpaired) electrons. The first-order valence-electron chi connectivity index (χ1n) is 8.62. The minimum atomic E-state index is -0.0454. The van der Waals surface area contributed by atoms with Crippen LogP contribution in [0.1, 0.15) is 37.0 Å². The number of urea groups is 1. The van der Waals surface area contributed by atoms with Crippen LogP contribution >= 0.6 is 0 Å². The SMILES string of the molecule is CCc1nc(CNC(=O)N2CCC(Cc3ccccc3)CC2)no1. The van der Waals surface area contributed by atoms with Gasteiger partial charge in [-0.3, -0.25) is 0 Å². The minimum Gasteiger partial charge on any atom is -0.339 e. The second kappa shape index (κ2) is 7.95. The number of benzene rings is 1. The molecule has 1 N–H and O–H groups in total. The maximum absolute atomic E-state index is 12.2. The molecule has 1 aliphatic rings. The number of hydrogen-bond donors (Lipinski definition) is 1. The Morgan fingerprint density at radius 3 is 2.71 bits per heavy atom. The summed E-state index contributed by atoms with van der Waals surface area (Å²) >= 11 is 0. The molecule has 1 fully saturated rings. The number of carbonyl (C=O) groups is 1. The molecule has 2 heterocycles. The number of nitrogens with zero attached hydrogens (tertiary/aromatic N) is 3. The van der Waals surface area contributed by atoms with Crippen LogP contribution in [0, 0.1) is 5.92 Å². The van der Waals surface area contributed by atoms with E-state index >= 15 is 0 Å².